The van der Waals surface area contributed by atoms with E-state index in [1.54, 1.807) is 12.1 Å². The number of aromatic nitrogens is 1. The van der Waals surface area contributed by atoms with Crippen molar-refractivity contribution in [2.75, 3.05) is 20.5 Å². The van der Waals surface area contributed by atoms with Crippen LogP contribution in [-0.4, -0.2) is 37.4 Å². The molecule has 8 nitrogen and oxygen atoms in total. The average Bonchev–Trinajstić information content (AvgIpc) is 3.23. The minimum absolute atomic E-state index is 0.00706. The van der Waals surface area contributed by atoms with E-state index < -0.39 is 17.7 Å². The first kappa shape index (κ1) is 19.4. The fourth-order valence-corrected chi connectivity index (χ4v) is 2.94. The van der Waals surface area contributed by atoms with Crippen LogP contribution in [-0.2, 0) is 16.1 Å². The molecule has 0 atom stereocenters. The monoisotopic (exact) mass is 412 g/mol. The minimum atomic E-state index is -0.668. The lowest BCUT2D eigenvalue weighted by atomic mass is 10.1. The number of methoxy groups -OCH3 is 1. The third-order valence-corrected chi connectivity index (χ3v) is 4.41. The van der Waals surface area contributed by atoms with Gasteiger partial charge in [-0.3, -0.25) is 4.79 Å². The molecule has 0 aliphatic carbocycles. The summed E-state index contributed by atoms with van der Waals surface area (Å²) in [6.07, 6.45) is 0. The standard InChI is InChI=1S/C21H17FN2O6/c1-27-21(26)16-8-18(14-7-13(22)3-4-15(14)24-16)28-10-20(25)23-9-12-2-5-17-19(6-12)30-11-29-17/h2-8H,9-11H2,1H3,(H,23,25). The number of hydrogen-bond donors (Lipinski definition) is 1. The van der Waals surface area contributed by atoms with Crippen LogP contribution in [0.5, 0.6) is 17.2 Å². The highest BCUT2D eigenvalue weighted by molar-refractivity contribution is 5.94. The van der Waals surface area contributed by atoms with Crippen LogP contribution in [0.15, 0.2) is 42.5 Å². The molecule has 1 N–H and O–H groups in total. The summed E-state index contributed by atoms with van der Waals surface area (Å²) in [4.78, 5) is 28.2. The molecule has 4 rings (SSSR count). The van der Waals surface area contributed by atoms with Gasteiger partial charge in [-0.05, 0) is 35.9 Å². The Hall–Kier alpha value is -3.88. The zero-order chi connectivity index (χ0) is 21.1. The van der Waals surface area contributed by atoms with Gasteiger partial charge in [0.25, 0.3) is 5.91 Å². The second-order valence-electron chi connectivity index (χ2n) is 6.41. The average molecular weight is 412 g/mol. The van der Waals surface area contributed by atoms with Gasteiger partial charge in [-0.15, -0.1) is 0 Å². The maximum atomic E-state index is 13.7. The van der Waals surface area contributed by atoms with Crippen molar-refractivity contribution in [3.05, 3.63) is 59.5 Å². The van der Waals surface area contributed by atoms with Gasteiger partial charge < -0.3 is 24.3 Å². The SMILES string of the molecule is COC(=O)c1cc(OCC(=O)NCc2ccc3c(c2)OCO3)c2cc(F)ccc2n1. The zero-order valence-corrected chi connectivity index (χ0v) is 15.9. The molecule has 0 spiro atoms. The molecule has 0 saturated heterocycles. The second kappa shape index (κ2) is 8.24. The summed E-state index contributed by atoms with van der Waals surface area (Å²) in [7, 11) is 1.23. The quantitative estimate of drug-likeness (QED) is 0.622. The maximum Gasteiger partial charge on any atom is 0.356 e. The van der Waals surface area contributed by atoms with E-state index >= 15 is 0 Å². The number of nitrogens with zero attached hydrogens (tertiary/aromatic N) is 1. The topological polar surface area (TPSA) is 96.0 Å². The molecule has 0 unspecified atom stereocenters. The molecule has 3 aromatic rings. The summed E-state index contributed by atoms with van der Waals surface area (Å²) in [5.41, 5.74) is 1.17. The van der Waals surface area contributed by atoms with Crippen LogP contribution < -0.4 is 19.5 Å². The smallest absolute Gasteiger partial charge is 0.356 e. The minimum Gasteiger partial charge on any atom is -0.483 e. The Balaban J connectivity index is 1.45. The van der Waals surface area contributed by atoms with Crippen molar-refractivity contribution < 1.29 is 32.9 Å². The Labute approximate surface area is 170 Å². The van der Waals surface area contributed by atoms with Crippen molar-refractivity contribution in [1.29, 1.82) is 0 Å². The fourth-order valence-electron chi connectivity index (χ4n) is 2.94. The molecule has 1 aliphatic heterocycles. The lowest BCUT2D eigenvalue weighted by Crippen LogP contribution is -2.28. The van der Waals surface area contributed by atoms with Gasteiger partial charge in [-0.2, -0.15) is 0 Å². The lowest BCUT2D eigenvalue weighted by molar-refractivity contribution is -0.123. The number of pyridine rings is 1. The lowest BCUT2D eigenvalue weighted by Gasteiger charge is -2.11. The number of halogens is 1. The molecule has 2 aromatic carbocycles. The number of carbonyl (C=O) groups is 2. The van der Waals surface area contributed by atoms with E-state index in [4.69, 9.17) is 14.2 Å². The Morgan fingerprint density at radius 1 is 1.13 bits per heavy atom. The number of ether oxygens (including phenoxy) is 4. The molecule has 0 fully saturated rings. The Morgan fingerprint density at radius 2 is 1.97 bits per heavy atom. The van der Waals surface area contributed by atoms with E-state index in [2.05, 4.69) is 15.0 Å². The summed E-state index contributed by atoms with van der Waals surface area (Å²) in [6.45, 7) is 0.103. The van der Waals surface area contributed by atoms with Gasteiger partial charge in [0.15, 0.2) is 23.8 Å². The predicted molar refractivity (Wildman–Crippen MR) is 103 cm³/mol. The molecule has 30 heavy (non-hydrogen) atoms. The van der Waals surface area contributed by atoms with Crippen molar-refractivity contribution in [3.63, 3.8) is 0 Å². The Morgan fingerprint density at radius 3 is 2.80 bits per heavy atom. The summed E-state index contributed by atoms with van der Waals surface area (Å²) >= 11 is 0. The van der Waals surface area contributed by atoms with Gasteiger partial charge in [0, 0.05) is 18.0 Å². The first-order chi connectivity index (χ1) is 14.5. The Kier molecular flexibility index (Phi) is 5.34. The molecule has 154 valence electrons. The summed E-state index contributed by atoms with van der Waals surface area (Å²) in [5.74, 6) is -0.123. The number of hydrogen-bond acceptors (Lipinski definition) is 7. The molecular weight excluding hydrogens is 395 g/mol. The number of nitrogens with one attached hydrogen (secondary N) is 1. The largest absolute Gasteiger partial charge is 0.483 e. The molecule has 0 bridgehead atoms. The van der Waals surface area contributed by atoms with Gasteiger partial charge in [-0.1, -0.05) is 6.07 Å². The summed E-state index contributed by atoms with van der Waals surface area (Å²) in [5, 5.41) is 3.07. The normalized spacial score (nSPS) is 11.9. The highest BCUT2D eigenvalue weighted by Gasteiger charge is 2.16. The van der Waals surface area contributed by atoms with E-state index in [0.717, 1.165) is 5.56 Å². The predicted octanol–water partition coefficient (Wildman–Crippen LogP) is 2.58. The first-order valence-corrected chi connectivity index (χ1v) is 9.00. The first-order valence-electron chi connectivity index (χ1n) is 9.00. The number of amides is 1. The van der Waals surface area contributed by atoms with Gasteiger partial charge in [-0.25, -0.2) is 14.2 Å². The van der Waals surface area contributed by atoms with E-state index in [0.29, 0.717) is 22.4 Å². The molecule has 1 aliphatic rings. The van der Waals surface area contributed by atoms with Crippen molar-refractivity contribution in [2.24, 2.45) is 0 Å². The molecule has 9 heteroatoms. The van der Waals surface area contributed by atoms with Crippen LogP contribution >= 0.6 is 0 Å². The highest BCUT2D eigenvalue weighted by atomic mass is 19.1. The van der Waals surface area contributed by atoms with Gasteiger partial charge in [0.05, 0.1) is 12.6 Å². The van der Waals surface area contributed by atoms with Crippen molar-refractivity contribution >= 4 is 22.8 Å². The third-order valence-electron chi connectivity index (χ3n) is 4.41. The van der Waals surface area contributed by atoms with E-state index in [-0.39, 0.29) is 31.4 Å². The van der Waals surface area contributed by atoms with Crippen LogP contribution in [0.2, 0.25) is 0 Å². The number of fused-ring (bicyclic) bond motifs is 2. The number of carbonyl (C=O) groups excluding carboxylic acids is 2. The van der Waals surface area contributed by atoms with E-state index in [9.17, 15) is 14.0 Å². The third kappa shape index (κ3) is 4.09. The fraction of sp³-hybridized carbons (Fsp3) is 0.190. The zero-order valence-electron chi connectivity index (χ0n) is 15.9. The summed E-state index contributed by atoms with van der Waals surface area (Å²) < 4.78 is 34.5. The molecule has 0 saturated carbocycles. The number of rotatable bonds is 6. The van der Waals surface area contributed by atoms with Crippen molar-refractivity contribution in [2.45, 2.75) is 6.54 Å². The van der Waals surface area contributed by atoms with Crippen molar-refractivity contribution in [1.82, 2.24) is 10.3 Å². The van der Waals surface area contributed by atoms with Gasteiger partial charge in [0.1, 0.15) is 11.6 Å². The number of esters is 1. The van der Waals surface area contributed by atoms with Crippen LogP contribution in [0.4, 0.5) is 4.39 Å². The Bertz CT molecular complexity index is 1130. The van der Waals surface area contributed by atoms with Crippen LogP contribution in [0, 0.1) is 5.82 Å². The molecule has 1 aromatic heterocycles. The molecule has 2 heterocycles. The van der Waals surface area contributed by atoms with E-state index in [1.807, 2.05) is 6.07 Å². The number of benzene rings is 2. The second-order valence-corrected chi connectivity index (χ2v) is 6.41. The van der Waals surface area contributed by atoms with Gasteiger partial charge >= 0.3 is 5.97 Å². The van der Waals surface area contributed by atoms with Crippen LogP contribution in [0.25, 0.3) is 10.9 Å². The van der Waals surface area contributed by atoms with Crippen molar-refractivity contribution in [3.8, 4) is 17.2 Å². The highest BCUT2D eigenvalue weighted by Crippen LogP contribution is 2.32. The van der Waals surface area contributed by atoms with E-state index in [1.165, 1.54) is 31.4 Å². The summed E-state index contributed by atoms with van der Waals surface area (Å²) in [6, 6.07) is 10.6. The molecule has 1 amide bonds. The maximum absolute atomic E-state index is 13.7. The van der Waals surface area contributed by atoms with Crippen LogP contribution in [0.3, 0.4) is 0 Å². The molecular formula is C21H17FN2O6. The molecule has 0 radical (unpaired) electrons. The van der Waals surface area contributed by atoms with Gasteiger partial charge in [0.2, 0.25) is 6.79 Å². The van der Waals surface area contributed by atoms with Crippen LogP contribution in [0.1, 0.15) is 16.1 Å².